The quantitative estimate of drug-likeness (QED) is 0.698. The molecule has 1 N–H and O–H groups in total. The number of aromatic nitrogens is 3. The van der Waals surface area contributed by atoms with Gasteiger partial charge in [0.05, 0.1) is 17.3 Å². The number of carbonyl (C=O) groups excluding carboxylic acids is 1. The summed E-state index contributed by atoms with van der Waals surface area (Å²) in [5.74, 6) is 0.294. The van der Waals surface area contributed by atoms with Crippen molar-refractivity contribution >= 4 is 39.0 Å². The first-order valence-electron chi connectivity index (χ1n) is 8.18. The minimum absolute atomic E-state index is 0.0745. The van der Waals surface area contributed by atoms with Gasteiger partial charge < -0.3 is 19.5 Å². The molecule has 1 saturated heterocycles. The summed E-state index contributed by atoms with van der Waals surface area (Å²) in [6.45, 7) is 2.98. The highest BCUT2D eigenvalue weighted by molar-refractivity contribution is 7.17. The van der Waals surface area contributed by atoms with Gasteiger partial charge in [-0.3, -0.25) is 4.79 Å². The number of methoxy groups -OCH3 is 1. The zero-order chi connectivity index (χ0) is 18.1. The van der Waals surface area contributed by atoms with E-state index in [1.165, 1.54) is 7.11 Å². The largest absolute Gasteiger partial charge is 0.463 e. The first kappa shape index (κ1) is 16.5. The Labute approximate surface area is 153 Å². The van der Waals surface area contributed by atoms with Gasteiger partial charge in [0.2, 0.25) is 11.4 Å². The average Bonchev–Trinajstić information content (AvgIpc) is 3.15. The van der Waals surface area contributed by atoms with Gasteiger partial charge in [0.1, 0.15) is 0 Å². The van der Waals surface area contributed by atoms with Crippen LogP contribution in [-0.4, -0.2) is 54.2 Å². The molecule has 0 bridgehead atoms. The van der Waals surface area contributed by atoms with Crippen molar-refractivity contribution in [2.24, 2.45) is 0 Å². The monoisotopic (exact) mass is 371 g/mol. The molecule has 0 aliphatic carbocycles. The summed E-state index contributed by atoms with van der Waals surface area (Å²) in [7, 11) is 1.32. The van der Waals surface area contributed by atoms with Crippen LogP contribution in [0.25, 0.3) is 10.2 Å². The predicted octanol–water partition coefficient (Wildman–Crippen LogP) is 1.49. The molecule has 1 aliphatic rings. The highest BCUT2D eigenvalue weighted by atomic mass is 32.1. The summed E-state index contributed by atoms with van der Waals surface area (Å²) >= 11 is 1.56. The smallest absolute Gasteiger partial charge is 0.376 e. The molecular formula is C17H17N5O3S. The molecule has 9 heteroatoms. The van der Waals surface area contributed by atoms with Gasteiger partial charge in [0.25, 0.3) is 0 Å². The van der Waals surface area contributed by atoms with E-state index in [1.54, 1.807) is 23.6 Å². The Bertz CT molecular complexity index is 1010. The van der Waals surface area contributed by atoms with Crippen LogP contribution in [0.15, 0.2) is 34.6 Å². The number of hydrogen-bond donors (Lipinski definition) is 1. The molecule has 4 rings (SSSR count). The molecule has 0 radical (unpaired) electrons. The Kier molecular flexibility index (Phi) is 4.29. The Morgan fingerprint density at radius 3 is 2.69 bits per heavy atom. The van der Waals surface area contributed by atoms with Crippen LogP contribution in [0.5, 0.6) is 0 Å². The van der Waals surface area contributed by atoms with Crippen LogP contribution in [-0.2, 0) is 4.74 Å². The predicted molar refractivity (Wildman–Crippen MR) is 100 cm³/mol. The van der Waals surface area contributed by atoms with E-state index in [4.69, 9.17) is 4.74 Å². The van der Waals surface area contributed by atoms with Crippen LogP contribution in [0, 0.1) is 0 Å². The maximum absolute atomic E-state index is 11.9. The SMILES string of the molecule is COC(=O)c1nc(N2CCN(c3cc[nH]c(=O)c3)CC2)c2sccc2n1. The summed E-state index contributed by atoms with van der Waals surface area (Å²) < 4.78 is 5.73. The second-order valence-electron chi connectivity index (χ2n) is 5.88. The first-order chi connectivity index (χ1) is 12.7. The molecule has 1 fully saturated rings. The van der Waals surface area contributed by atoms with Crippen LogP contribution in [0.3, 0.4) is 0 Å². The minimum Gasteiger partial charge on any atom is -0.463 e. The molecule has 0 atom stereocenters. The standard InChI is InChI=1S/C17H17N5O3S/c1-25-17(24)15-19-12-3-9-26-14(12)16(20-15)22-7-5-21(6-8-22)11-2-4-18-13(23)10-11/h2-4,9-10H,5-8H2,1H3,(H,18,23). The molecule has 3 aromatic rings. The number of nitrogens with one attached hydrogen (secondary N) is 1. The fourth-order valence-corrected chi connectivity index (χ4v) is 3.90. The fourth-order valence-electron chi connectivity index (χ4n) is 3.05. The minimum atomic E-state index is -0.540. The molecule has 0 aromatic carbocycles. The molecule has 26 heavy (non-hydrogen) atoms. The van der Waals surface area contributed by atoms with Crippen molar-refractivity contribution in [1.29, 1.82) is 0 Å². The fraction of sp³-hybridized carbons (Fsp3) is 0.294. The number of fused-ring (bicyclic) bond motifs is 1. The summed E-state index contributed by atoms with van der Waals surface area (Å²) in [4.78, 5) is 39.1. The zero-order valence-electron chi connectivity index (χ0n) is 14.1. The lowest BCUT2D eigenvalue weighted by Gasteiger charge is -2.36. The lowest BCUT2D eigenvalue weighted by atomic mass is 10.2. The van der Waals surface area contributed by atoms with Crippen molar-refractivity contribution in [3.8, 4) is 0 Å². The molecule has 0 spiro atoms. The van der Waals surface area contributed by atoms with Gasteiger partial charge in [-0.2, -0.15) is 0 Å². The van der Waals surface area contributed by atoms with E-state index in [9.17, 15) is 9.59 Å². The van der Waals surface area contributed by atoms with Crippen LogP contribution in [0.2, 0.25) is 0 Å². The van der Waals surface area contributed by atoms with E-state index >= 15 is 0 Å². The number of esters is 1. The zero-order valence-corrected chi connectivity index (χ0v) is 15.0. The number of rotatable bonds is 3. The maximum Gasteiger partial charge on any atom is 0.376 e. The number of pyridine rings is 1. The Balaban J connectivity index is 1.60. The van der Waals surface area contributed by atoms with E-state index in [-0.39, 0.29) is 11.4 Å². The third-order valence-electron chi connectivity index (χ3n) is 4.36. The van der Waals surface area contributed by atoms with Crippen molar-refractivity contribution in [3.05, 3.63) is 46.0 Å². The number of thiophene rings is 1. The summed E-state index contributed by atoms with van der Waals surface area (Å²) in [6.07, 6.45) is 1.66. The van der Waals surface area contributed by atoms with E-state index in [0.29, 0.717) is 0 Å². The van der Waals surface area contributed by atoms with Crippen molar-refractivity contribution in [1.82, 2.24) is 15.0 Å². The van der Waals surface area contributed by atoms with Gasteiger partial charge in [-0.1, -0.05) is 0 Å². The summed E-state index contributed by atoms with van der Waals surface area (Å²) in [6, 6.07) is 5.38. The topological polar surface area (TPSA) is 91.4 Å². The Morgan fingerprint density at radius 1 is 1.19 bits per heavy atom. The van der Waals surface area contributed by atoms with Crippen molar-refractivity contribution in [3.63, 3.8) is 0 Å². The first-order valence-corrected chi connectivity index (χ1v) is 9.06. The van der Waals surface area contributed by atoms with Crippen molar-refractivity contribution < 1.29 is 9.53 Å². The second-order valence-corrected chi connectivity index (χ2v) is 6.80. The lowest BCUT2D eigenvalue weighted by Crippen LogP contribution is -2.47. The molecule has 1 aliphatic heterocycles. The van der Waals surface area contributed by atoms with E-state index < -0.39 is 5.97 Å². The average molecular weight is 371 g/mol. The van der Waals surface area contributed by atoms with Crippen LogP contribution < -0.4 is 15.4 Å². The summed E-state index contributed by atoms with van der Waals surface area (Å²) in [5, 5.41) is 1.94. The van der Waals surface area contributed by atoms with E-state index in [2.05, 4.69) is 24.8 Å². The highest BCUT2D eigenvalue weighted by Crippen LogP contribution is 2.30. The molecule has 134 valence electrons. The number of hydrogen-bond acceptors (Lipinski definition) is 8. The van der Waals surface area contributed by atoms with Gasteiger partial charge in [0.15, 0.2) is 5.82 Å². The van der Waals surface area contributed by atoms with Crippen LogP contribution in [0.1, 0.15) is 10.6 Å². The van der Waals surface area contributed by atoms with Crippen molar-refractivity contribution in [2.45, 2.75) is 0 Å². The van der Waals surface area contributed by atoms with Gasteiger partial charge in [-0.05, 0) is 17.5 Å². The molecule has 0 amide bonds. The molecule has 3 aromatic heterocycles. The third-order valence-corrected chi connectivity index (χ3v) is 5.26. The van der Waals surface area contributed by atoms with Gasteiger partial charge >= 0.3 is 5.97 Å². The number of piperazine rings is 1. The molecule has 0 unspecified atom stereocenters. The lowest BCUT2D eigenvalue weighted by molar-refractivity contribution is 0.0587. The number of ether oxygens (including phenoxy) is 1. The van der Waals surface area contributed by atoms with Gasteiger partial charge in [-0.15, -0.1) is 11.3 Å². The van der Waals surface area contributed by atoms with Crippen LogP contribution in [0.4, 0.5) is 11.5 Å². The molecule has 4 heterocycles. The van der Waals surface area contributed by atoms with Crippen LogP contribution >= 0.6 is 11.3 Å². The number of aromatic amines is 1. The highest BCUT2D eigenvalue weighted by Gasteiger charge is 2.23. The Hall–Kier alpha value is -2.94. The third kappa shape index (κ3) is 3.01. The maximum atomic E-state index is 11.9. The molecular weight excluding hydrogens is 354 g/mol. The molecule has 0 saturated carbocycles. The Morgan fingerprint density at radius 2 is 1.96 bits per heavy atom. The number of nitrogens with zero attached hydrogens (tertiary/aromatic N) is 4. The number of carbonyl (C=O) groups is 1. The van der Waals surface area contributed by atoms with E-state index in [0.717, 1.165) is 47.9 Å². The van der Waals surface area contributed by atoms with Gasteiger partial charge in [0, 0.05) is 44.1 Å². The van der Waals surface area contributed by atoms with E-state index in [1.807, 2.05) is 17.5 Å². The molecule has 8 nitrogen and oxygen atoms in total. The van der Waals surface area contributed by atoms with Gasteiger partial charge in [-0.25, -0.2) is 14.8 Å². The normalized spacial score (nSPS) is 14.7. The summed E-state index contributed by atoms with van der Waals surface area (Å²) in [5.41, 5.74) is 1.55. The number of anilines is 2. The number of H-pyrrole nitrogens is 1. The van der Waals surface area contributed by atoms with Crippen molar-refractivity contribution in [2.75, 3.05) is 43.1 Å². The second kappa shape index (κ2) is 6.75.